The molecule has 1 amide bonds. The molecule has 0 unspecified atom stereocenters. The van der Waals surface area contributed by atoms with Gasteiger partial charge in [-0.2, -0.15) is 4.31 Å². The van der Waals surface area contributed by atoms with Crippen LogP contribution in [0.3, 0.4) is 0 Å². The van der Waals surface area contributed by atoms with E-state index in [0.717, 1.165) is 37.7 Å². The molecule has 0 spiro atoms. The van der Waals surface area contributed by atoms with Gasteiger partial charge in [0, 0.05) is 19.0 Å². The first-order valence-electron chi connectivity index (χ1n) is 7.90. The summed E-state index contributed by atoms with van der Waals surface area (Å²) in [7, 11) is -3.55. The van der Waals surface area contributed by atoms with Gasteiger partial charge in [0.2, 0.25) is 15.9 Å². The summed E-state index contributed by atoms with van der Waals surface area (Å²) < 4.78 is 27.3. The Bertz CT molecular complexity index is 675. The average molecular weight is 322 g/mol. The molecule has 3 rings (SSSR count). The van der Waals surface area contributed by atoms with E-state index in [9.17, 15) is 13.2 Å². The standard InChI is InChI=1S/C16H22N2O3S/c1-12-5-8-14(17-16(19)13-6-7-13)15(11-12)22(20,21)18-9-3-2-4-10-18/h5,8,11,13H,2-4,6-7,9-10H2,1H3,(H,17,19). The second-order valence-corrected chi connectivity index (χ2v) is 8.13. The number of aryl methyl sites for hydroxylation is 1. The van der Waals surface area contributed by atoms with Crippen LogP contribution in [0.25, 0.3) is 0 Å². The van der Waals surface area contributed by atoms with Crippen LogP contribution >= 0.6 is 0 Å². The van der Waals surface area contributed by atoms with E-state index < -0.39 is 10.0 Å². The smallest absolute Gasteiger partial charge is 0.245 e. The Morgan fingerprint density at radius 3 is 2.50 bits per heavy atom. The number of nitrogens with one attached hydrogen (secondary N) is 1. The van der Waals surface area contributed by atoms with Gasteiger partial charge in [-0.15, -0.1) is 0 Å². The molecule has 1 aliphatic heterocycles. The third-order valence-corrected chi connectivity index (χ3v) is 6.21. The van der Waals surface area contributed by atoms with Crippen molar-refractivity contribution in [2.45, 2.75) is 43.9 Å². The first-order valence-corrected chi connectivity index (χ1v) is 9.34. The zero-order valence-corrected chi connectivity index (χ0v) is 13.7. The van der Waals surface area contributed by atoms with E-state index in [4.69, 9.17) is 0 Å². The summed E-state index contributed by atoms with van der Waals surface area (Å²) in [6.07, 6.45) is 4.66. The summed E-state index contributed by atoms with van der Waals surface area (Å²) in [4.78, 5) is 12.2. The minimum absolute atomic E-state index is 0.0480. The summed E-state index contributed by atoms with van der Waals surface area (Å²) in [6, 6.07) is 5.19. The predicted octanol–water partition coefficient (Wildman–Crippen LogP) is 2.52. The Kier molecular flexibility index (Phi) is 4.23. The van der Waals surface area contributed by atoms with Gasteiger partial charge >= 0.3 is 0 Å². The second kappa shape index (κ2) is 6.01. The van der Waals surface area contributed by atoms with Crippen molar-refractivity contribution in [3.05, 3.63) is 23.8 Å². The number of carbonyl (C=O) groups excluding carboxylic acids is 1. The van der Waals surface area contributed by atoms with E-state index >= 15 is 0 Å². The molecule has 1 saturated heterocycles. The molecular formula is C16H22N2O3S. The number of piperidine rings is 1. The lowest BCUT2D eigenvalue weighted by Gasteiger charge is -2.27. The average Bonchev–Trinajstić information content (AvgIpc) is 3.34. The van der Waals surface area contributed by atoms with Crippen LogP contribution in [0.1, 0.15) is 37.7 Å². The summed E-state index contributed by atoms with van der Waals surface area (Å²) in [5.74, 6) is -0.0224. The number of amides is 1. The van der Waals surface area contributed by atoms with Crippen LogP contribution in [0.15, 0.2) is 23.1 Å². The molecule has 5 nitrogen and oxygen atoms in total. The van der Waals surface area contributed by atoms with Crippen molar-refractivity contribution in [3.63, 3.8) is 0 Å². The molecule has 1 saturated carbocycles. The molecule has 1 aromatic rings. The third kappa shape index (κ3) is 3.17. The first-order chi connectivity index (χ1) is 10.5. The largest absolute Gasteiger partial charge is 0.325 e. The molecule has 0 bridgehead atoms. The summed E-state index contributed by atoms with van der Waals surface area (Å²) in [5.41, 5.74) is 1.29. The van der Waals surface area contributed by atoms with E-state index in [1.807, 2.05) is 13.0 Å². The molecule has 1 N–H and O–H groups in total. The second-order valence-electron chi connectivity index (χ2n) is 6.23. The Morgan fingerprint density at radius 1 is 1.18 bits per heavy atom. The van der Waals surface area contributed by atoms with Crippen molar-refractivity contribution in [1.82, 2.24) is 4.31 Å². The molecule has 120 valence electrons. The van der Waals surface area contributed by atoms with Gasteiger partial charge < -0.3 is 5.32 Å². The monoisotopic (exact) mass is 322 g/mol. The van der Waals surface area contributed by atoms with Gasteiger partial charge in [-0.25, -0.2) is 8.42 Å². The maximum absolute atomic E-state index is 12.9. The van der Waals surface area contributed by atoms with Crippen molar-refractivity contribution in [1.29, 1.82) is 0 Å². The number of nitrogens with zero attached hydrogens (tertiary/aromatic N) is 1. The lowest BCUT2D eigenvalue weighted by Crippen LogP contribution is -2.36. The van der Waals surface area contributed by atoms with Crippen molar-refractivity contribution < 1.29 is 13.2 Å². The number of benzene rings is 1. The molecule has 0 radical (unpaired) electrons. The number of sulfonamides is 1. The highest BCUT2D eigenvalue weighted by molar-refractivity contribution is 7.89. The van der Waals surface area contributed by atoms with E-state index in [1.165, 1.54) is 4.31 Å². The van der Waals surface area contributed by atoms with E-state index in [1.54, 1.807) is 12.1 Å². The normalized spacial score (nSPS) is 19.9. The molecule has 1 aromatic carbocycles. The van der Waals surface area contributed by atoms with Crippen LogP contribution in [0.4, 0.5) is 5.69 Å². The van der Waals surface area contributed by atoms with Crippen LogP contribution < -0.4 is 5.32 Å². The van der Waals surface area contributed by atoms with Crippen LogP contribution in [0, 0.1) is 12.8 Å². The van der Waals surface area contributed by atoms with Gasteiger partial charge in [0.1, 0.15) is 4.90 Å². The highest BCUT2D eigenvalue weighted by Gasteiger charge is 2.32. The predicted molar refractivity (Wildman–Crippen MR) is 85.1 cm³/mol. The molecule has 1 heterocycles. The highest BCUT2D eigenvalue weighted by atomic mass is 32.2. The van der Waals surface area contributed by atoms with Crippen molar-refractivity contribution in [2.24, 2.45) is 5.92 Å². The van der Waals surface area contributed by atoms with Crippen LogP contribution in [-0.2, 0) is 14.8 Å². The summed E-state index contributed by atoms with van der Waals surface area (Å²) in [6.45, 7) is 2.99. The maximum atomic E-state index is 12.9. The zero-order valence-electron chi connectivity index (χ0n) is 12.8. The Morgan fingerprint density at radius 2 is 1.86 bits per heavy atom. The van der Waals surface area contributed by atoms with Gasteiger partial charge in [0.15, 0.2) is 0 Å². The lowest BCUT2D eigenvalue weighted by atomic mass is 10.2. The Balaban J connectivity index is 1.93. The fraction of sp³-hybridized carbons (Fsp3) is 0.562. The number of anilines is 1. The minimum Gasteiger partial charge on any atom is -0.325 e. The molecular weight excluding hydrogens is 300 g/mol. The quantitative estimate of drug-likeness (QED) is 0.926. The van der Waals surface area contributed by atoms with E-state index in [2.05, 4.69) is 5.32 Å². The van der Waals surface area contributed by atoms with Crippen LogP contribution in [0.2, 0.25) is 0 Å². The molecule has 22 heavy (non-hydrogen) atoms. The number of hydrogen-bond acceptors (Lipinski definition) is 3. The molecule has 1 aliphatic carbocycles. The van der Waals surface area contributed by atoms with Crippen LogP contribution in [0.5, 0.6) is 0 Å². The lowest BCUT2D eigenvalue weighted by molar-refractivity contribution is -0.117. The number of carbonyl (C=O) groups is 1. The summed E-state index contributed by atoms with van der Waals surface area (Å²) >= 11 is 0. The van der Waals surface area contributed by atoms with Gasteiger partial charge in [-0.3, -0.25) is 4.79 Å². The first kappa shape index (κ1) is 15.5. The fourth-order valence-corrected chi connectivity index (χ4v) is 4.52. The van der Waals surface area contributed by atoms with Crippen molar-refractivity contribution in [3.8, 4) is 0 Å². The molecule has 6 heteroatoms. The number of hydrogen-bond donors (Lipinski definition) is 1. The van der Waals surface area contributed by atoms with Gasteiger partial charge in [-0.05, 0) is 50.3 Å². The van der Waals surface area contributed by atoms with E-state index in [-0.39, 0.29) is 16.7 Å². The minimum atomic E-state index is -3.55. The molecule has 0 aromatic heterocycles. The summed E-state index contributed by atoms with van der Waals surface area (Å²) in [5, 5.41) is 2.80. The zero-order chi connectivity index (χ0) is 15.7. The van der Waals surface area contributed by atoms with Crippen molar-refractivity contribution >= 4 is 21.6 Å². The van der Waals surface area contributed by atoms with E-state index in [0.29, 0.717) is 18.8 Å². The van der Waals surface area contributed by atoms with Crippen molar-refractivity contribution in [2.75, 3.05) is 18.4 Å². The van der Waals surface area contributed by atoms with Crippen LogP contribution in [-0.4, -0.2) is 31.7 Å². The third-order valence-electron chi connectivity index (χ3n) is 4.28. The number of rotatable bonds is 4. The molecule has 0 atom stereocenters. The molecule has 2 fully saturated rings. The SMILES string of the molecule is Cc1ccc(NC(=O)C2CC2)c(S(=O)(=O)N2CCCCC2)c1. The maximum Gasteiger partial charge on any atom is 0.245 e. The molecule has 2 aliphatic rings. The highest BCUT2D eigenvalue weighted by Crippen LogP contribution is 2.33. The van der Waals surface area contributed by atoms with Gasteiger partial charge in [0.05, 0.1) is 5.69 Å². The Labute approximate surface area is 131 Å². The topological polar surface area (TPSA) is 66.5 Å². The van der Waals surface area contributed by atoms with Gasteiger partial charge in [-0.1, -0.05) is 12.5 Å². The fourth-order valence-electron chi connectivity index (χ4n) is 2.77. The Hall–Kier alpha value is -1.40. The van der Waals surface area contributed by atoms with Gasteiger partial charge in [0.25, 0.3) is 0 Å².